The Kier molecular flexibility index (Phi) is 5.59. The molecule has 0 aromatic rings. The first-order valence-corrected chi connectivity index (χ1v) is 4.30. The number of carbonyl (C=O) groups is 1. The third kappa shape index (κ3) is 5.58. The lowest BCUT2D eigenvalue weighted by atomic mass is 10.2. The fourth-order valence-corrected chi connectivity index (χ4v) is 0.736. The maximum atomic E-state index is 12.0. The lowest BCUT2D eigenvalue weighted by molar-refractivity contribution is -0.214. The molecular formula is C8H14F3NO3. The van der Waals surface area contributed by atoms with E-state index in [0.29, 0.717) is 0 Å². The summed E-state index contributed by atoms with van der Waals surface area (Å²) in [5.74, 6) is -0.668. The Hall–Kier alpha value is -0.820. The highest BCUT2D eigenvalue weighted by Crippen LogP contribution is 2.22. The Morgan fingerprint density at radius 2 is 2.00 bits per heavy atom. The van der Waals surface area contributed by atoms with Gasteiger partial charge in [0.25, 0.3) is 0 Å². The van der Waals surface area contributed by atoms with Crippen LogP contribution in [-0.2, 0) is 14.3 Å². The number of alkyl halides is 3. The van der Waals surface area contributed by atoms with Gasteiger partial charge in [-0.1, -0.05) is 0 Å². The monoisotopic (exact) mass is 229 g/mol. The van der Waals surface area contributed by atoms with Crippen molar-refractivity contribution in [1.29, 1.82) is 0 Å². The number of esters is 1. The molecule has 0 saturated carbocycles. The van der Waals surface area contributed by atoms with E-state index in [0.717, 1.165) is 14.0 Å². The first-order chi connectivity index (χ1) is 6.79. The smallest absolute Gasteiger partial charge is 0.414 e. The predicted octanol–water partition coefficient (Wildman–Crippen LogP) is 0.844. The van der Waals surface area contributed by atoms with E-state index in [1.807, 2.05) is 0 Å². The van der Waals surface area contributed by atoms with Gasteiger partial charge in [0.15, 0.2) is 6.10 Å². The molecule has 0 heterocycles. The van der Waals surface area contributed by atoms with Crippen LogP contribution in [0.15, 0.2) is 0 Å². The van der Waals surface area contributed by atoms with E-state index in [1.54, 1.807) is 0 Å². The summed E-state index contributed by atoms with van der Waals surface area (Å²) in [7, 11) is 1.15. The first kappa shape index (κ1) is 14.2. The van der Waals surface area contributed by atoms with Crippen molar-refractivity contribution in [1.82, 2.24) is 0 Å². The van der Waals surface area contributed by atoms with E-state index in [-0.39, 0.29) is 13.0 Å². The highest BCUT2D eigenvalue weighted by Gasteiger charge is 2.36. The number of rotatable bonds is 5. The normalized spacial score (nSPS) is 15.9. The van der Waals surface area contributed by atoms with Crippen LogP contribution in [0, 0.1) is 0 Å². The molecular weight excluding hydrogens is 215 g/mol. The second kappa shape index (κ2) is 5.92. The Balaban J connectivity index is 3.76. The summed E-state index contributed by atoms with van der Waals surface area (Å²) in [6.45, 7) is 0.653. The van der Waals surface area contributed by atoms with E-state index in [9.17, 15) is 18.0 Å². The van der Waals surface area contributed by atoms with Gasteiger partial charge in [-0.25, -0.2) is 0 Å². The minimum atomic E-state index is -4.39. The van der Waals surface area contributed by atoms with E-state index in [4.69, 9.17) is 5.73 Å². The molecule has 0 radical (unpaired) electrons. The van der Waals surface area contributed by atoms with Crippen LogP contribution >= 0.6 is 0 Å². The SMILES string of the molecule is COC(=O)C(N)CCOC(C)C(F)(F)F. The number of hydrogen-bond acceptors (Lipinski definition) is 4. The Morgan fingerprint density at radius 3 is 2.40 bits per heavy atom. The van der Waals surface area contributed by atoms with Gasteiger partial charge in [0.05, 0.1) is 7.11 Å². The van der Waals surface area contributed by atoms with Crippen LogP contribution in [0.1, 0.15) is 13.3 Å². The van der Waals surface area contributed by atoms with Gasteiger partial charge in [-0.2, -0.15) is 13.2 Å². The van der Waals surface area contributed by atoms with Crippen molar-refractivity contribution >= 4 is 5.97 Å². The molecule has 0 bridgehead atoms. The summed E-state index contributed by atoms with van der Waals surface area (Å²) in [6, 6.07) is -0.949. The van der Waals surface area contributed by atoms with Crippen LogP contribution in [0.3, 0.4) is 0 Å². The van der Waals surface area contributed by atoms with E-state index >= 15 is 0 Å². The summed E-state index contributed by atoms with van der Waals surface area (Å²) in [5.41, 5.74) is 5.29. The summed E-state index contributed by atoms with van der Waals surface area (Å²) in [4.78, 5) is 10.8. The number of nitrogens with two attached hydrogens (primary N) is 1. The minimum Gasteiger partial charge on any atom is -0.468 e. The molecule has 2 atom stereocenters. The highest BCUT2D eigenvalue weighted by atomic mass is 19.4. The molecule has 0 aromatic carbocycles. The zero-order valence-corrected chi connectivity index (χ0v) is 8.50. The van der Waals surface area contributed by atoms with Gasteiger partial charge in [0.2, 0.25) is 0 Å². The molecule has 0 aromatic heterocycles. The van der Waals surface area contributed by atoms with Crippen LogP contribution in [0.5, 0.6) is 0 Å². The molecule has 0 spiro atoms. The first-order valence-electron chi connectivity index (χ1n) is 4.30. The zero-order chi connectivity index (χ0) is 12.1. The largest absolute Gasteiger partial charge is 0.468 e. The summed E-state index contributed by atoms with van der Waals surface area (Å²) >= 11 is 0. The van der Waals surface area contributed by atoms with Crippen molar-refractivity contribution in [3.05, 3.63) is 0 Å². The second-order valence-corrected chi connectivity index (χ2v) is 2.97. The van der Waals surface area contributed by atoms with Crippen molar-refractivity contribution in [3.8, 4) is 0 Å². The molecule has 0 aliphatic carbocycles. The molecule has 90 valence electrons. The Bertz CT molecular complexity index is 208. The quantitative estimate of drug-likeness (QED) is 0.710. The maximum Gasteiger partial charge on any atom is 0.414 e. The summed E-state index contributed by atoms with van der Waals surface area (Å²) in [5, 5.41) is 0. The van der Waals surface area contributed by atoms with E-state index in [1.165, 1.54) is 0 Å². The third-order valence-electron chi connectivity index (χ3n) is 1.76. The second-order valence-electron chi connectivity index (χ2n) is 2.97. The lowest BCUT2D eigenvalue weighted by Gasteiger charge is -2.17. The van der Waals surface area contributed by atoms with Gasteiger partial charge in [-0.15, -0.1) is 0 Å². The zero-order valence-electron chi connectivity index (χ0n) is 8.50. The average molecular weight is 229 g/mol. The van der Waals surface area contributed by atoms with Crippen LogP contribution in [0.4, 0.5) is 13.2 Å². The molecule has 0 aliphatic rings. The molecule has 0 amide bonds. The predicted molar refractivity (Wildman–Crippen MR) is 46.1 cm³/mol. The lowest BCUT2D eigenvalue weighted by Crippen LogP contribution is -2.35. The highest BCUT2D eigenvalue weighted by molar-refractivity contribution is 5.75. The molecule has 0 fully saturated rings. The van der Waals surface area contributed by atoms with Crippen LogP contribution in [0.2, 0.25) is 0 Å². The van der Waals surface area contributed by atoms with Crippen LogP contribution < -0.4 is 5.73 Å². The topological polar surface area (TPSA) is 61.5 Å². The van der Waals surface area contributed by atoms with Crippen molar-refractivity contribution < 1.29 is 27.4 Å². The standard InChI is InChI=1S/C8H14F3NO3/c1-5(8(9,10)11)15-4-3-6(12)7(13)14-2/h5-6H,3-4,12H2,1-2H3. The number of ether oxygens (including phenoxy) is 2. The molecule has 2 unspecified atom stereocenters. The fraction of sp³-hybridized carbons (Fsp3) is 0.875. The van der Waals surface area contributed by atoms with Crippen LogP contribution in [0.25, 0.3) is 0 Å². The molecule has 15 heavy (non-hydrogen) atoms. The third-order valence-corrected chi connectivity index (χ3v) is 1.76. The molecule has 0 aliphatic heterocycles. The van der Waals surface area contributed by atoms with Gasteiger partial charge in [-0.3, -0.25) is 4.79 Å². The van der Waals surface area contributed by atoms with Gasteiger partial charge in [0.1, 0.15) is 6.04 Å². The van der Waals surface area contributed by atoms with Crippen LogP contribution in [-0.4, -0.2) is 38.0 Å². The molecule has 0 rings (SSSR count). The van der Waals surface area contributed by atoms with Crippen molar-refractivity contribution in [2.75, 3.05) is 13.7 Å². The Morgan fingerprint density at radius 1 is 1.47 bits per heavy atom. The van der Waals surface area contributed by atoms with Gasteiger partial charge in [0, 0.05) is 6.61 Å². The average Bonchev–Trinajstić information content (AvgIpc) is 2.14. The summed E-state index contributed by atoms with van der Waals surface area (Å²) < 4.78 is 44.6. The number of halogens is 3. The van der Waals surface area contributed by atoms with E-state index < -0.39 is 24.3 Å². The number of methoxy groups -OCH3 is 1. The van der Waals surface area contributed by atoms with Crippen molar-refractivity contribution in [3.63, 3.8) is 0 Å². The van der Waals surface area contributed by atoms with E-state index in [2.05, 4.69) is 9.47 Å². The molecule has 7 heteroatoms. The number of carbonyl (C=O) groups excluding carboxylic acids is 1. The molecule has 4 nitrogen and oxygen atoms in total. The maximum absolute atomic E-state index is 12.0. The Labute approximate surface area is 85.5 Å². The van der Waals surface area contributed by atoms with Gasteiger partial charge >= 0.3 is 12.1 Å². The van der Waals surface area contributed by atoms with Crippen molar-refractivity contribution in [2.45, 2.75) is 31.7 Å². The van der Waals surface area contributed by atoms with Gasteiger partial charge < -0.3 is 15.2 Å². The number of hydrogen-bond donors (Lipinski definition) is 1. The van der Waals surface area contributed by atoms with Crippen molar-refractivity contribution in [2.24, 2.45) is 5.73 Å². The molecule has 0 saturated heterocycles. The fourth-order valence-electron chi connectivity index (χ4n) is 0.736. The molecule has 2 N–H and O–H groups in total. The minimum absolute atomic E-state index is 0.00685. The summed E-state index contributed by atoms with van der Waals surface area (Å²) in [6.07, 6.45) is -6.26. The van der Waals surface area contributed by atoms with Gasteiger partial charge in [-0.05, 0) is 13.3 Å².